The van der Waals surface area contributed by atoms with Gasteiger partial charge in [-0.25, -0.2) is 4.98 Å². The third-order valence-corrected chi connectivity index (χ3v) is 4.52. The molecule has 1 aliphatic heterocycles. The van der Waals surface area contributed by atoms with Crippen molar-refractivity contribution >= 4 is 5.95 Å². The molecule has 2 N–H and O–H groups in total. The van der Waals surface area contributed by atoms with E-state index in [4.69, 9.17) is 15.5 Å². The van der Waals surface area contributed by atoms with Crippen LogP contribution in [0.1, 0.15) is 38.8 Å². The molecule has 1 aromatic rings. The Kier molecular flexibility index (Phi) is 6.06. The zero-order valence-corrected chi connectivity index (χ0v) is 13.7. The Bertz CT molecular complexity index is 432. The number of hydrogen-bond donors (Lipinski definition) is 1. The van der Waals surface area contributed by atoms with E-state index in [1.807, 2.05) is 0 Å². The van der Waals surface area contributed by atoms with E-state index in [0.29, 0.717) is 12.0 Å². The number of ether oxygens (including phenoxy) is 1. The summed E-state index contributed by atoms with van der Waals surface area (Å²) in [6.45, 7) is 8.20. The molecular weight excluding hydrogens is 264 g/mol. The largest absolute Gasteiger partial charge is 0.385 e. The lowest BCUT2D eigenvalue weighted by Crippen LogP contribution is -2.47. The molecule has 0 spiro atoms. The number of imidazole rings is 1. The van der Waals surface area contributed by atoms with Gasteiger partial charge < -0.3 is 19.9 Å². The van der Waals surface area contributed by atoms with Gasteiger partial charge in [-0.2, -0.15) is 0 Å². The summed E-state index contributed by atoms with van der Waals surface area (Å²) in [5, 5.41) is 0. The first-order valence-corrected chi connectivity index (χ1v) is 8.25. The molecule has 2 heterocycles. The molecule has 2 rings (SSSR count). The Balaban J connectivity index is 2.11. The van der Waals surface area contributed by atoms with Crippen LogP contribution in [0.4, 0.5) is 5.95 Å². The fourth-order valence-corrected chi connectivity index (χ4v) is 3.09. The summed E-state index contributed by atoms with van der Waals surface area (Å²) in [4.78, 5) is 7.25. The van der Waals surface area contributed by atoms with Crippen LogP contribution in [0.25, 0.3) is 0 Å². The van der Waals surface area contributed by atoms with E-state index >= 15 is 0 Å². The van der Waals surface area contributed by atoms with Crippen molar-refractivity contribution in [3.63, 3.8) is 0 Å². The highest BCUT2D eigenvalue weighted by molar-refractivity contribution is 5.35. The van der Waals surface area contributed by atoms with Crippen LogP contribution in [0.15, 0.2) is 6.20 Å². The fraction of sp³-hybridized carbons (Fsp3) is 0.812. The quantitative estimate of drug-likeness (QED) is 0.782. The number of anilines is 1. The number of nitrogens with two attached hydrogens (primary N) is 1. The average molecular weight is 294 g/mol. The van der Waals surface area contributed by atoms with Gasteiger partial charge in [0, 0.05) is 45.6 Å². The van der Waals surface area contributed by atoms with Crippen molar-refractivity contribution < 1.29 is 4.74 Å². The number of methoxy groups -OCH3 is 1. The number of aromatic nitrogens is 2. The van der Waals surface area contributed by atoms with Crippen LogP contribution in [-0.2, 0) is 17.7 Å². The SMILES string of the molecule is CCc1cn(CCCOC)c(N2CCC(N)C(CC)C2)n1. The van der Waals surface area contributed by atoms with E-state index < -0.39 is 0 Å². The molecule has 0 aromatic carbocycles. The van der Waals surface area contributed by atoms with Gasteiger partial charge in [0.2, 0.25) is 5.95 Å². The number of aryl methyl sites for hydroxylation is 2. The number of nitrogens with zero attached hydrogens (tertiary/aromatic N) is 3. The Morgan fingerprint density at radius 3 is 2.90 bits per heavy atom. The molecule has 2 atom stereocenters. The molecule has 5 nitrogen and oxygen atoms in total. The maximum absolute atomic E-state index is 6.23. The van der Waals surface area contributed by atoms with Crippen molar-refractivity contribution in [2.75, 3.05) is 31.7 Å². The van der Waals surface area contributed by atoms with E-state index in [2.05, 4.69) is 29.5 Å². The smallest absolute Gasteiger partial charge is 0.205 e. The summed E-state index contributed by atoms with van der Waals surface area (Å²) < 4.78 is 7.46. The third kappa shape index (κ3) is 3.98. The molecule has 21 heavy (non-hydrogen) atoms. The second-order valence-corrected chi connectivity index (χ2v) is 5.99. The van der Waals surface area contributed by atoms with Crippen LogP contribution in [0.2, 0.25) is 0 Å². The highest BCUT2D eigenvalue weighted by atomic mass is 16.5. The van der Waals surface area contributed by atoms with E-state index in [9.17, 15) is 0 Å². The standard InChI is InChI=1S/C16H30N4O/c1-4-13-11-20(9-7-15(13)17)16-18-14(5-2)12-19(16)8-6-10-21-3/h12-13,15H,4-11,17H2,1-3H3. The summed E-state index contributed by atoms with van der Waals surface area (Å²) in [7, 11) is 1.75. The predicted molar refractivity (Wildman–Crippen MR) is 86.7 cm³/mol. The van der Waals surface area contributed by atoms with E-state index in [1.54, 1.807) is 7.11 Å². The van der Waals surface area contributed by atoms with Gasteiger partial charge >= 0.3 is 0 Å². The van der Waals surface area contributed by atoms with Crippen LogP contribution in [-0.4, -0.2) is 42.4 Å². The number of piperidine rings is 1. The van der Waals surface area contributed by atoms with Crippen molar-refractivity contribution in [2.24, 2.45) is 11.7 Å². The first-order chi connectivity index (χ1) is 10.2. The lowest BCUT2D eigenvalue weighted by molar-refractivity contribution is 0.190. The predicted octanol–water partition coefficient (Wildman–Crippen LogP) is 2.05. The van der Waals surface area contributed by atoms with Gasteiger partial charge in [-0.1, -0.05) is 20.3 Å². The summed E-state index contributed by atoms with van der Waals surface area (Å²) in [6, 6.07) is 0.341. The van der Waals surface area contributed by atoms with E-state index in [1.165, 1.54) is 5.69 Å². The van der Waals surface area contributed by atoms with Crippen molar-refractivity contribution in [3.8, 4) is 0 Å². The van der Waals surface area contributed by atoms with Crippen molar-refractivity contribution in [2.45, 2.75) is 52.1 Å². The van der Waals surface area contributed by atoms with Gasteiger partial charge in [-0.3, -0.25) is 0 Å². The molecular formula is C16H30N4O. The molecule has 0 bridgehead atoms. The van der Waals surface area contributed by atoms with Gasteiger partial charge in [0.05, 0.1) is 5.69 Å². The molecule has 120 valence electrons. The molecule has 0 amide bonds. The summed E-state index contributed by atoms with van der Waals surface area (Å²) >= 11 is 0. The minimum absolute atomic E-state index is 0.341. The molecule has 0 radical (unpaired) electrons. The first kappa shape index (κ1) is 16.3. The van der Waals surface area contributed by atoms with Crippen LogP contribution in [0.3, 0.4) is 0 Å². The van der Waals surface area contributed by atoms with Gasteiger partial charge in [-0.05, 0) is 25.2 Å². The average Bonchev–Trinajstić information content (AvgIpc) is 2.91. The maximum Gasteiger partial charge on any atom is 0.205 e. The zero-order valence-electron chi connectivity index (χ0n) is 13.7. The van der Waals surface area contributed by atoms with Crippen molar-refractivity contribution in [3.05, 3.63) is 11.9 Å². The first-order valence-electron chi connectivity index (χ1n) is 8.25. The van der Waals surface area contributed by atoms with Crippen LogP contribution >= 0.6 is 0 Å². The van der Waals surface area contributed by atoms with Crippen LogP contribution < -0.4 is 10.6 Å². The van der Waals surface area contributed by atoms with Crippen molar-refractivity contribution in [1.29, 1.82) is 0 Å². The van der Waals surface area contributed by atoms with E-state index in [0.717, 1.165) is 57.9 Å². The number of rotatable bonds is 7. The van der Waals surface area contributed by atoms with Crippen molar-refractivity contribution in [1.82, 2.24) is 9.55 Å². The molecule has 1 aliphatic rings. The minimum atomic E-state index is 0.341. The monoisotopic (exact) mass is 294 g/mol. The topological polar surface area (TPSA) is 56.3 Å². The Hall–Kier alpha value is -1.07. The summed E-state index contributed by atoms with van der Waals surface area (Å²) in [5.74, 6) is 1.70. The maximum atomic E-state index is 6.23. The lowest BCUT2D eigenvalue weighted by Gasteiger charge is -2.37. The van der Waals surface area contributed by atoms with Gasteiger partial charge in [0.25, 0.3) is 0 Å². The normalized spacial score (nSPS) is 22.8. The second-order valence-electron chi connectivity index (χ2n) is 5.99. The van der Waals surface area contributed by atoms with Crippen LogP contribution in [0, 0.1) is 5.92 Å². The minimum Gasteiger partial charge on any atom is -0.385 e. The summed E-state index contributed by atoms with van der Waals surface area (Å²) in [5.41, 5.74) is 7.40. The molecule has 1 saturated heterocycles. The van der Waals surface area contributed by atoms with Gasteiger partial charge in [-0.15, -0.1) is 0 Å². The molecule has 1 fully saturated rings. The Morgan fingerprint density at radius 1 is 1.43 bits per heavy atom. The number of hydrogen-bond acceptors (Lipinski definition) is 4. The second kappa shape index (κ2) is 7.80. The summed E-state index contributed by atoms with van der Waals surface area (Å²) in [6.07, 6.45) is 6.40. The van der Waals surface area contributed by atoms with Crippen LogP contribution in [0.5, 0.6) is 0 Å². The molecule has 0 aliphatic carbocycles. The lowest BCUT2D eigenvalue weighted by atomic mass is 9.91. The zero-order chi connectivity index (χ0) is 15.2. The highest BCUT2D eigenvalue weighted by Crippen LogP contribution is 2.24. The highest BCUT2D eigenvalue weighted by Gasteiger charge is 2.27. The Morgan fingerprint density at radius 2 is 2.24 bits per heavy atom. The van der Waals surface area contributed by atoms with Gasteiger partial charge in [0.1, 0.15) is 0 Å². The molecule has 5 heteroatoms. The molecule has 1 aromatic heterocycles. The molecule has 2 unspecified atom stereocenters. The van der Waals surface area contributed by atoms with Gasteiger partial charge in [0.15, 0.2) is 0 Å². The van der Waals surface area contributed by atoms with E-state index in [-0.39, 0.29) is 0 Å². The Labute approximate surface area is 128 Å². The fourth-order valence-electron chi connectivity index (χ4n) is 3.09. The third-order valence-electron chi connectivity index (χ3n) is 4.52. The molecule has 0 saturated carbocycles.